The molecule has 2 aliphatic rings. The standard InChI is InChI=1S/C20H31N3O2.HI/c1-2-21-20(22-14-18(24)15-8-4-3-5-9-15)23-17-12-13-25-19-11-7-6-10-16(17)19;/h6-7,10-11,15,17-18,24H,2-5,8-9,12-14H2,1H3,(H2,21,22,23);1H. The van der Waals surface area contributed by atoms with Gasteiger partial charge in [-0.3, -0.25) is 4.99 Å². The smallest absolute Gasteiger partial charge is 0.191 e. The van der Waals surface area contributed by atoms with Crippen molar-refractivity contribution in [3.63, 3.8) is 0 Å². The molecule has 1 saturated carbocycles. The van der Waals surface area contributed by atoms with Crippen LogP contribution in [0.1, 0.15) is 57.1 Å². The predicted molar refractivity (Wildman–Crippen MR) is 116 cm³/mol. The van der Waals surface area contributed by atoms with Gasteiger partial charge in [-0.25, -0.2) is 0 Å². The van der Waals surface area contributed by atoms with Gasteiger partial charge in [0.05, 0.1) is 25.3 Å². The fourth-order valence-electron chi connectivity index (χ4n) is 3.83. The molecule has 5 nitrogen and oxygen atoms in total. The van der Waals surface area contributed by atoms with Crippen LogP contribution in [0.4, 0.5) is 0 Å². The molecule has 3 N–H and O–H groups in total. The molecule has 1 aromatic rings. The number of rotatable bonds is 5. The molecule has 3 rings (SSSR count). The number of benzene rings is 1. The van der Waals surface area contributed by atoms with E-state index < -0.39 is 0 Å². The minimum atomic E-state index is -0.335. The Labute approximate surface area is 174 Å². The quantitative estimate of drug-likeness (QED) is 0.347. The maximum atomic E-state index is 10.5. The number of aliphatic imine (C=N–C) groups is 1. The average Bonchev–Trinajstić information content (AvgIpc) is 2.67. The number of nitrogens with zero attached hydrogens (tertiary/aromatic N) is 1. The van der Waals surface area contributed by atoms with Gasteiger partial charge in [-0.2, -0.15) is 0 Å². The highest BCUT2D eigenvalue weighted by Crippen LogP contribution is 2.31. The molecule has 1 fully saturated rings. The lowest BCUT2D eigenvalue weighted by Gasteiger charge is -2.29. The topological polar surface area (TPSA) is 65.9 Å². The highest BCUT2D eigenvalue weighted by Gasteiger charge is 2.23. The zero-order valence-electron chi connectivity index (χ0n) is 15.6. The van der Waals surface area contributed by atoms with E-state index in [0.717, 1.165) is 37.5 Å². The van der Waals surface area contributed by atoms with E-state index in [4.69, 9.17) is 4.74 Å². The van der Waals surface area contributed by atoms with Crippen LogP contribution in [0.15, 0.2) is 29.3 Å². The summed E-state index contributed by atoms with van der Waals surface area (Å²) in [7, 11) is 0. The Bertz CT molecular complexity index is 576. The Balaban J connectivity index is 0.00000243. The fraction of sp³-hybridized carbons (Fsp3) is 0.650. The first-order valence-electron chi connectivity index (χ1n) is 9.72. The Morgan fingerprint density at radius 3 is 2.77 bits per heavy atom. The lowest BCUT2D eigenvalue weighted by Crippen LogP contribution is -2.41. The van der Waals surface area contributed by atoms with Gasteiger partial charge in [0.2, 0.25) is 0 Å². The minimum Gasteiger partial charge on any atom is -0.493 e. The summed E-state index contributed by atoms with van der Waals surface area (Å²) < 4.78 is 5.73. The number of ether oxygens (including phenoxy) is 1. The van der Waals surface area contributed by atoms with Crippen LogP contribution < -0.4 is 15.4 Å². The number of nitrogens with one attached hydrogen (secondary N) is 2. The van der Waals surface area contributed by atoms with Crippen LogP contribution >= 0.6 is 24.0 Å². The second-order valence-corrected chi connectivity index (χ2v) is 7.06. The average molecular weight is 473 g/mol. The number of aliphatic hydroxyl groups is 1. The van der Waals surface area contributed by atoms with Crippen LogP contribution in [0.25, 0.3) is 0 Å². The Morgan fingerprint density at radius 2 is 2.00 bits per heavy atom. The summed E-state index contributed by atoms with van der Waals surface area (Å²) in [5.41, 5.74) is 1.17. The van der Waals surface area contributed by atoms with Crippen molar-refractivity contribution in [3.05, 3.63) is 29.8 Å². The molecule has 0 spiro atoms. The summed E-state index contributed by atoms with van der Waals surface area (Å²) in [6.45, 7) is 4.03. The van der Waals surface area contributed by atoms with Crippen molar-refractivity contribution in [3.8, 4) is 5.75 Å². The number of fused-ring (bicyclic) bond motifs is 1. The lowest BCUT2D eigenvalue weighted by atomic mass is 9.85. The van der Waals surface area contributed by atoms with Gasteiger partial charge in [0.25, 0.3) is 0 Å². The maximum absolute atomic E-state index is 10.5. The van der Waals surface area contributed by atoms with Gasteiger partial charge in [-0.05, 0) is 31.7 Å². The molecular weight excluding hydrogens is 441 g/mol. The van der Waals surface area contributed by atoms with Crippen LogP contribution in [0.5, 0.6) is 5.75 Å². The van der Waals surface area contributed by atoms with Crippen LogP contribution in [-0.4, -0.2) is 36.9 Å². The van der Waals surface area contributed by atoms with Crippen molar-refractivity contribution in [1.82, 2.24) is 10.6 Å². The van der Waals surface area contributed by atoms with E-state index in [-0.39, 0.29) is 36.1 Å². The van der Waals surface area contributed by atoms with Gasteiger partial charge in [-0.1, -0.05) is 37.5 Å². The summed E-state index contributed by atoms with van der Waals surface area (Å²) in [5.74, 6) is 2.13. The molecule has 0 aromatic heterocycles. The third-order valence-electron chi connectivity index (χ3n) is 5.24. The lowest BCUT2D eigenvalue weighted by molar-refractivity contribution is 0.0923. The largest absolute Gasteiger partial charge is 0.493 e. The monoisotopic (exact) mass is 473 g/mol. The third kappa shape index (κ3) is 5.74. The van der Waals surface area contributed by atoms with E-state index in [1.807, 2.05) is 18.2 Å². The molecule has 26 heavy (non-hydrogen) atoms. The first kappa shape index (κ1) is 21.3. The first-order chi connectivity index (χ1) is 12.3. The summed E-state index contributed by atoms with van der Waals surface area (Å²) in [6, 6.07) is 8.35. The fourth-order valence-corrected chi connectivity index (χ4v) is 3.83. The molecule has 0 amide bonds. The number of para-hydroxylation sites is 1. The number of aliphatic hydroxyl groups excluding tert-OH is 1. The molecule has 1 aliphatic heterocycles. The van der Waals surface area contributed by atoms with Crippen molar-refractivity contribution in [2.24, 2.45) is 10.9 Å². The molecule has 2 atom stereocenters. The van der Waals surface area contributed by atoms with Crippen LogP contribution in [0.2, 0.25) is 0 Å². The van der Waals surface area contributed by atoms with Gasteiger partial charge in [0.15, 0.2) is 5.96 Å². The SMILES string of the molecule is CCNC(=NCC(O)C1CCCCC1)NC1CCOc2ccccc21.I. The summed E-state index contributed by atoms with van der Waals surface area (Å²) in [4.78, 5) is 4.66. The van der Waals surface area contributed by atoms with Crippen molar-refractivity contribution >= 4 is 29.9 Å². The zero-order chi connectivity index (χ0) is 17.5. The van der Waals surface area contributed by atoms with Crippen molar-refractivity contribution in [1.29, 1.82) is 0 Å². The zero-order valence-corrected chi connectivity index (χ0v) is 17.9. The molecule has 146 valence electrons. The van der Waals surface area contributed by atoms with Crippen LogP contribution in [0, 0.1) is 5.92 Å². The Kier molecular flexibility index (Phi) is 8.98. The van der Waals surface area contributed by atoms with E-state index in [9.17, 15) is 5.11 Å². The van der Waals surface area contributed by atoms with E-state index in [1.54, 1.807) is 0 Å². The first-order valence-corrected chi connectivity index (χ1v) is 9.72. The maximum Gasteiger partial charge on any atom is 0.191 e. The molecule has 0 radical (unpaired) electrons. The van der Waals surface area contributed by atoms with E-state index in [2.05, 4.69) is 28.6 Å². The predicted octanol–water partition coefficient (Wildman–Crippen LogP) is 3.62. The Hall–Kier alpha value is -1.02. The summed E-state index contributed by atoms with van der Waals surface area (Å²) in [5, 5.41) is 17.3. The highest BCUT2D eigenvalue weighted by molar-refractivity contribution is 14.0. The second kappa shape index (κ2) is 11.0. The van der Waals surface area contributed by atoms with Gasteiger partial charge >= 0.3 is 0 Å². The van der Waals surface area contributed by atoms with Gasteiger partial charge in [0, 0.05) is 18.5 Å². The molecule has 0 bridgehead atoms. The van der Waals surface area contributed by atoms with E-state index >= 15 is 0 Å². The third-order valence-corrected chi connectivity index (χ3v) is 5.24. The molecule has 1 heterocycles. The van der Waals surface area contributed by atoms with Crippen molar-refractivity contribution in [2.45, 2.75) is 57.6 Å². The molecule has 0 saturated heterocycles. The molecular formula is C20H32IN3O2. The molecule has 2 unspecified atom stereocenters. The van der Waals surface area contributed by atoms with Crippen LogP contribution in [-0.2, 0) is 0 Å². The molecule has 1 aromatic carbocycles. The second-order valence-electron chi connectivity index (χ2n) is 7.06. The Morgan fingerprint density at radius 1 is 1.23 bits per heavy atom. The van der Waals surface area contributed by atoms with Gasteiger partial charge < -0.3 is 20.5 Å². The van der Waals surface area contributed by atoms with E-state index in [1.165, 1.54) is 24.8 Å². The number of guanidine groups is 1. The summed E-state index contributed by atoms with van der Waals surface area (Å²) in [6.07, 6.45) is 6.62. The number of halogens is 1. The van der Waals surface area contributed by atoms with Gasteiger partial charge in [-0.15, -0.1) is 24.0 Å². The van der Waals surface area contributed by atoms with Crippen molar-refractivity contribution < 1.29 is 9.84 Å². The van der Waals surface area contributed by atoms with Gasteiger partial charge in [0.1, 0.15) is 5.75 Å². The number of hydrogen-bond acceptors (Lipinski definition) is 3. The van der Waals surface area contributed by atoms with E-state index in [0.29, 0.717) is 19.1 Å². The van der Waals surface area contributed by atoms with Crippen LogP contribution in [0.3, 0.4) is 0 Å². The summed E-state index contributed by atoms with van der Waals surface area (Å²) >= 11 is 0. The normalized spacial score (nSPS) is 21.8. The number of hydrogen-bond donors (Lipinski definition) is 3. The van der Waals surface area contributed by atoms with Crippen molar-refractivity contribution in [2.75, 3.05) is 19.7 Å². The minimum absolute atomic E-state index is 0. The molecule has 1 aliphatic carbocycles. The molecule has 6 heteroatoms. The highest BCUT2D eigenvalue weighted by atomic mass is 127.